The summed E-state index contributed by atoms with van der Waals surface area (Å²) in [4.78, 5) is 23.1. The number of ketones is 1. The van der Waals surface area contributed by atoms with E-state index in [9.17, 15) is 19.8 Å². The number of phenolic OH excluding ortho intramolecular Hbond substituents is 2. The summed E-state index contributed by atoms with van der Waals surface area (Å²) in [5, 5.41) is 18.9. The van der Waals surface area contributed by atoms with Crippen molar-refractivity contribution in [1.82, 2.24) is 0 Å². The van der Waals surface area contributed by atoms with Gasteiger partial charge in [0.1, 0.15) is 17.1 Å². The number of esters is 1. The highest BCUT2D eigenvalue weighted by molar-refractivity contribution is 5.99. The van der Waals surface area contributed by atoms with Gasteiger partial charge in [-0.05, 0) is 31.5 Å². The number of carbonyl (C=O) groups excluding carboxylic acids is 2. The van der Waals surface area contributed by atoms with Crippen LogP contribution in [-0.4, -0.2) is 27.6 Å². The lowest BCUT2D eigenvalue weighted by Gasteiger charge is -2.21. The van der Waals surface area contributed by atoms with Gasteiger partial charge in [-0.2, -0.15) is 0 Å². The molecule has 1 aromatic rings. The van der Waals surface area contributed by atoms with Crippen LogP contribution in [0, 0.1) is 0 Å². The average molecular weight is 250 g/mol. The summed E-state index contributed by atoms with van der Waals surface area (Å²) >= 11 is 0. The summed E-state index contributed by atoms with van der Waals surface area (Å²) < 4.78 is 5.11. The van der Waals surface area contributed by atoms with Crippen molar-refractivity contribution in [3.63, 3.8) is 0 Å². The number of Topliss-reactive ketones (excluding diaryl/α,β-unsaturated/α-hetero) is 1. The number of benzene rings is 1. The number of ether oxygens (including phenoxy) is 1. The largest absolute Gasteiger partial charge is 0.508 e. The van der Waals surface area contributed by atoms with Crippen molar-refractivity contribution in [3.05, 3.63) is 23.8 Å². The molecule has 1 fully saturated rings. The molecule has 1 heterocycles. The predicted molar refractivity (Wildman–Crippen MR) is 62.5 cm³/mol. The minimum absolute atomic E-state index is 0.00421. The second-order valence-corrected chi connectivity index (χ2v) is 4.73. The van der Waals surface area contributed by atoms with E-state index in [4.69, 9.17) is 4.74 Å². The first kappa shape index (κ1) is 12.4. The Balaban J connectivity index is 2.17. The van der Waals surface area contributed by atoms with Crippen molar-refractivity contribution >= 4 is 11.8 Å². The Morgan fingerprint density at radius 1 is 1.44 bits per heavy atom. The van der Waals surface area contributed by atoms with E-state index in [1.54, 1.807) is 6.92 Å². The summed E-state index contributed by atoms with van der Waals surface area (Å²) in [7, 11) is 0. The quantitative estimate of drug-likeness (QED) is 0.485. The van der Waals surface area contributed by atoms with Gasteiger partial charge in [0.25, 0.3) is 0 Å². The Morgan fingerprint density at radius 2 is 2.17 bits per heavy atom. The van der Waals surface area contributed by atoms with Gasteiger partial charge in [0.15, 0.2) is 5.78 Å². The van der Waals surface area contributed by atoms with Crippen LogP contribution < -0.4 is 0 Å². The number of hydrogen-bond donors (Lipinski definition) is 2. The first-order valence-corrected chi connectivity index (χ1v) is 5.67. The number of phenols is 2. The predicted octanol–water partition coefficient (Wildman–Crippen LogP) is 1.77. The number of carbonyl (C=O) groups is 2. The molecule has 5 nitrogen and oxygen atoms in total. The molecule has 0 unspecified atom stereocenters. The minimum Gasteiger partial charge on any atom is -0.508 e. The third-order valence-electron chi connectivity index (χ3n) is 3.03. The first-order valence-electron chi connectivity index (χ1n) is 5.67. The minimum atomic E-state index is -0.813. The van der Waals surface area contributed by atoms with Crippen LogP contribution in [0.3, 0.4) is 0 Å². The average Bonchev–Trinajstić information content (AvgIpc) is 2.61. The molecule has 0 spiro atoms. The lowest BCUT2D eigenvalue weighted by atomic mass is 9.92. The SMILES string of the molecule is C[C@]1(CC(=O)c2cc(O)ccc2O)CCC(=O)O1. The van der Waals surface area contributed by atoms with Crippen LogP contribution in [0.5, 0.6) is 11.5 Å². The maximum absolute atomic E-state index is 12.0. The van der Waals surface area contributed by atoms with Crippen molar-refractivity contribution in [2.45, 2.75) is 31.8 Å². The lowest BCUT2D eigenvalue weighted by molar-refractivity contribution is -0.146. The van der Waals surface area contributed by atoms with Gasteiger partial charge < -0.3 is 14.9 Å². The van der Waals surface area contributed by atoms with Gasteiger partial charge in [0.05, 0.1) is 12.0 Å². The molecule has 1 aliphatic rings. The topological polar surface area (TPSA) is 83.8 Å². The molecule has 0 aromatic heterocycles. The normalized spacial score (nSPS) is 22.8. The zero-order valence-electron chi connectivity index (χ0n) is 9.97. The maximum atomic E-state index is 12.0. The molecule has 2 N–H and O–H groups in total. The second kappa shape index (κ2) is 4.33. The maximum Gasteiger partial charge on any atom is 0.306 e. The molecule has 0 radical (unpaired) electrons. The first-order chi connectivity index (χ1) is 8.39. The van der Waals surface area contributed by atoms with E-state index < -0.39 is 5.60 Å². The molecule has 0 aliphatic carbocycles. The fourth-order valence-electron chi connectivity index (χ4n) is 2.05. The monoisotopic (exact) mass is 250 g/mol. The number of rotatable bonds is 3. The Kier molecular flexibility index (Phi) is 2.98. The van der Waals surface area contributed by atoms with Crippen LogP contribution in [0.15, 0.2) is 18.2 Å². The van der Waals surface area contributed by atoms with E-state index in [1.807, 2.05) is 0 Å². The van der Waals surface area contributed by atoms with Crippen molar-refractivity contribution in [1.29, 1.82) is 0 Å². The lowest BCUT2D eigenvalue weighted by Crippen LogP contribution is -2.27. The summed E-state index contributed by atoms with van der Waals surface area (Å²) in [6.07, 6.45) is 0.780. The molecule has 2 rings (SSSR count). The van der Waals surface area contributed by atoms with E-state index in [2.05, 4.69) is 0 Å². The smallest absolute Gasteiger partial charge is 0.306 e. The Labute approximate surface area is 104 Å². The van der Waals surface area contributed by atoms with Gasteiger partial charge in [-0.3, -0.25) is 9.59 Å². The van der Waals surface area contributed by atoms with Gasteiger partial charge in [0, 0.05) is 6.42 Å². The highest BCUT2D eigenvalue weighted by Crippen LogP contribution is 2.32. The van der Waals surface area contributed by atoms with Gasteiger partial charge in [-0.15, -0.1) is 0 Å². The molecule has 1 saturated heterocycles. The van der Waals surface area contributed by atoms with E-state index in [0.717, 1.165) is 0 Å². The van der Waals surface area contributed by atoms with Crippen LogP contribution in [-0.2, 0) is 9.53 Å². The Morgan fingerprint density at radius 3 is 2.78 bits per heavy atom. The van der Waals surface area contributed by atoms with Crippen LogP contribution in [0.1, 0.15) is 36.5 Å². The third-order valence-corrected chi connectivity index (χ3v) is 3.03. The molecular formula is C13H14O5. The van der Waals surface area contributed by atoms with E-state index in [0.29, 0.717) is 12.8 Å². The zero-order valence-corrected chi connectivity index (χ0v) is 9.97. The van der Waals surface area contributed by atoms with E-state index in [1.165, 1.54) is 18.2 Å². The fraction of sp³-hybridized carbons (Fsp3) is 0.385. The number of cyclic esters (lactones) is 1. The van der Waals surface area contributed by atoms with Crippen LogP contribution in [0.2, 0.25) is 0 Å². The standard InChI is InChI=1S/C13H14O5/c1-13(5-4-12(17)18-13)7-11(16)9-6-8(14)2-3-10(9)15/h2-3,6,14-15H,4-5,7H2,1H3/t13-/m1/s1. The van der Waals surface area contributed by atoms with Crippen LogP contribution in [0.25, 0.3) is 0 Å². The second-order valence-electron chi connectivity index (χ2n) is 4.73. The highest BCUT2D eigenvalue weighted by Gasteiger charge is 2.38. The summed E-state index contributed by atoms with van der Waals surface area (Å²) in [6.45, 7) is 1.69. The van der Waals surface area contributed by atoms with Gasteiger partial charge in [-0.25, -0.2) is 0 Å². The number of hydrogen-bond acceptors (Lipinski definition) is 5. The van der Waals surface area contributed by atoms with Crippen molar-refractivity contribution < 1.29 is 24.5 Å². The van der Waals surface area contributed by atoms with Crippen LogP contribution in [0.4, 0.5) is 0 Å². The summed E-state index contributed by atoms with van der Waals surface area (Å²) in [6, 6.07) is 3.76. The molecule has 96 valence electrons. The Bertz CT molecular complexity index is 508. The molecular weight excluding hydrogens is 236 g/mol. The highest BCUT2D eigenvalue weighted by atomic mass is 16.6. The van der Waals surface area contributed by atoms with Crippen molar-refractivity contribution in [2.24, 2.45) is 0 Å². The fourth-order valence-corrected chi connectivity index (χ4v) is 2.05. The molecule has 0 saturated carbocycles. The Hall–Kier alpha value is -2.04. The van der Waals surface area contributed by atoms with Gasteiger partial charge >= 0.3 is 5.97 Å². The van der Waals surface area contributed by atoms with Crippen molar-refractivity contribution in [2.75, 3.05) is 0 Å². The van der Waals surface area contributed by atoms with E-state index >= 15 is 0 Å². The molecule has 5 heteroatoms. The van der Waals surface area contributed by atoms with Crippen molar-refractivity contribution in [3.8, 4) is 11.5 Å². The molecule has 0 bridgehead atoms. The molecule has 1 aliphatic heterocycles. The number of aromatic hydroxyl groups is 2. The molecule has 1 atom stereocenters. The zero-order chi connectivity index (χ0) is 13.3. The van der Waals surface area contributed by atoms with Gasteiger partial charge in [-0.1, -0.05) is 0 Å². The summed E-state index contributed by atoms with van der Waals surface area (Å²) in [5.74, 6) is -0.957. The molecule has 0 amide bonds. The van der Waals surface area contributed by atoms with Gasteiger partial charge in [0.2, 0.25) is 0 Å². The molecule has 18 heavy (non-hydrogen) atoms. The summed E-state index contributed by atoms with van der Waals surface area (Å²) in [5.41, 5.74) is -0.773. The van der Waals surface area contributed by atoms with E-state index in [-0.39, 0.29) is 35.2 Å². The molecule has 1 aromatic carbocycles. The van der Waals surface area contributed by atoms with Crippen LogP contribution >= 0.6 is 0 Å². The third kappa shape index (κ3) is 2.45.